The minimum Gasteiger partial charge on any atom is -0.391 e. The van der Waals surface area contributed by atoms with E-state index < -0.39 is 18.2 Å². The number of nitrogens with zero attached hydrogens (tertiary/aromatic N) is 2. The summed E-state index contributed by atoms with van der Waals surface area (Å²) in [5.41, 5.74) is 4.82. The molecule has 0 aliphatic carbocycles. The van der Waals surface area contributed by atoms with Gasteiger partial charge in [0, 0.05) is 25.9 Å². The summed E-state index contributed by atoms with van der Waals surface area (Å²) in [6.45, 7) is 8.28. The molecular formula is C26H36N4O4S. The smallest absolute Gasteiger partial charge is 0.245 e. The SMILES string of the molecule is CC[C@H](NC(=O)CCC(C)C)C(=O)N1C[C@H](O)C[C@H]1C(=O)NCc1ccc(-c2scnc2C)cc1. The van der Waals surface area contributed by atoms with Crippen LogP contribution in [0.2, 0.25) is 0 Å². The zero-order valence-electron chi connectivity index (χ0n) is 20.9. The van der Waals surface area contributed by atoms with Gasteiger partial charge in [-0.15, -0.1) is 11.3 Å². The third kappa shape index (κ3) is 7.11. The minimum atomic E-state index is -0.772. The van der Waals surface area contributed by atoms with Crippen molar-refractivity contribution in [2.45, 2.75) is 78.1 Å². The maximum atomic E-state index is 13.2. The Morgan fingerprint density at radius 1 is 1.23 bits per heavy atom. The Labute approximate surface area is 211 Å². The van der Waals surface area contributed by atoms with Crippen molar-refractivity contribution in [3.05, 3.63) is 41.0 Å². The molecule has 1 saturated heterocycles. The first-order valence-corrected chi connectivity index (χ1v) is 13.1. The number of amides is 3. The van der Waals surface area contributed by atoms with Crippen LogP contribution < -0.4 is 10.6 Å². The highest BCUT2D eigenvalue weighted by molar-refractivity contribution is 7.13. The van der Waals surface area contributed by atoms with E-state index in [0.717, 1.165) is 28.1 Å². The van der Waals surface area contributed by atoms with Crippen LogP contribution >= 0.6 is 11.3 Å². The number of benzene rings is 1. The van der Waals surface area contributed by atoms with Crippen molar-refractivity contribution in [2.24, 2.45) is 5.92 Å². The molecule has 0 bridgehead atoms. The Kier molecular flexibility index (Phi) is 9.40. The second-order valence-corrected chi connectivity index (χ2v) is 10.4. The molecule has 3 N–H and O–H groups in total. The fourth-order valence-electron chi connectivity index (χ4n) is 4.19. The van der Waals surface area contributed by atoms with Crippen LogP contribution in [0.3, 0.4) is 0 Å². The van der Waals surface area contributed by atoms with Crippen LogP contribution in [0.1, 0.15) is 57.7 Å². The number of aromatic nitrogens is 1. The normalized spacial score (nSPS) is 18.5. The molecule has 8 nitrogen and oxygen atoms in total. The number of thiazole rings is 1. The van der Waals surface area contributed by atoms with Gasteiger partial charge in [-0.05, 0) is 36.8 Å². The summed E-state index contributed by atoms with van der Waals surface area (Å²) < 4.78 is 0. The summed E-state index contributed by atoms with van der Waals surface area (Å²) >= 11 is 1.59. The van der Waals surface area contributed by atoms with Gasteiger partial charge in [0.2, 0.25) is 17.7 Å². The molecule has 0 unspecified atom stereocenters. The fraction of sp³-hybridized carbons (Fsp3) is 0.538. The van der Waals surface area contributed by atoms with E-state index in [9.17, 15) is 19.5 Å². The fourth-order valence-corrected chi connectivity index (χ4v) is 5.00. The van der Waals surface area contributed by atoms with Crippen LogP contribution in [0.4, 0.5) is 0 Å². The molecule has 2 heterocycles. The zero-order valence-corrected chi connectivity index (χ0v) is 21.7. The Balaban J connectivity index is 1.59. The van der Waals surface area contributed by atoms with Crippen LogP contribution in [0.5, 0.6) is 0 Å². The van der Waals surface area contributed by atoms with Gasteiger partial charge in [0.25, 0.3) is 0 Å². The molecule has 35 heavy (non-hydrogen) atoms. The Morgan fingerprint density at radius 2 is 1.94 bits per heavy atom. The molecule has 0 radical (unpaired) electrons. The molecule has 0 spiro atoms. The van der Waals surface area contributed by atoms with Crippen molar-refractivity contribution in [3.63, 3.8) is 0 Å². The van der Waals surface area contributed by atoms with E-state index in [-0.39, 0.29) is 30.7 Å². The molecule has 3 rings (SSSR count). The van der Waals surface area contributed by atoms with Crippen LogP contribution in [-0.4, -0.2) is 57.4 Å². The second-order valence-electron chi connectivity index (χ2n) is 9.54. The predicted octanol–water partition coefficient (Wildman–Crippen LogP) is 3.03. The molecule has 9 heteroatoms. The molecule has 1 aromatic heterocycles. The summed E-state index contributed by atoms with van der Waals surface area (Å²) in [6, 6.07) is 6.45. The highest BCUT2D eigenvalue weighted by atomic mass is 32.1. The Hall–Kier alpha value is -2.78. The molecule has 1 aliphatic rings. The number of nitrogens with one attached hydrogen (secondary N) is 2. The van der Waals surface area contributed by atoms with Crippen LogP contribution in [-0.2, 0) is 20.9 Å². The summed E-state index contributed by atoms with van der Waals surface area (Å²) in [5.74, 6) is -0.410. The molecular weight excluding hydrogens is 464 g/mol. The summed E-state index contributed by atoms with van der Waals surface area (Å²) in [4.78, 5) is 45.2. The minimum absolute atomic E-state index is 0.0815. The van der Waals surface area contributed by atoms with Gasteiger partial charge in [-0.3, -0.25) is 14.4 Å². The van der Waals surface area contributed by atoms with Gasteiger partial charge in [-0.2, -0.15) is 0 Å². The van der Waals surface area contributed by atoms with Crippen molar-refractivity contribution in [1.82, 2.24) is 20.5 Å². The number of hydrogen-bond acceptors (Lipinski definition) is 6. The molecule has 3 amide bonds. The molecule has 190 valence electrons. The maximum absolute atomic E-state index is 13.2. The lowest BCUT2D eigenvalue weighted by atomic mass is 10.1. The predicted molar refractivity (Wildman–Crippen MR) is 137 cm³/mol. The number of aliphatic hydroxyl groups is 1. The highest BCUT2D eigenvalue weighted by Gasteiger charge is 2.41. The first-order valence-electron chi connectivity index (χ1n) is 12.2. The van der Waals surface area contributed by atoms with E-state index in [1.54, 1.807) is 11.3 Å². The molecule has 0 saturated carbocycles. The summed E-state index contributed by atoms with van der Waals surface area (Å²) in [5, 5.41) is 15.9. The molecule has 3 atom stereocenters. The Bertz CT molecular complexity index is 1020. The van der Waals surface area contributed by atoms with Crippen molar-refractivity contribution in [3.8, 4) is 10.4 Å². The topological polar surface area (TPSA) is 112 Å². The lowest BCUT2D eigenvalue weighted by Gasteiger charge is -2.28. The van der Waals surface area contributed by atoms with Gasteiger partial charge in [0.05, 0.1) is 22.2 Å². The first-order chi connectivity index (χ1) is 16.7. The standard InChI is InChI=1S/C26H36N4O4S/c1-5-21(29-23(32)11-6-16(2)3)26(34)30-14-20(31)12-22(30)25(33)27-13-18-7-9-19(10-8-18)24-17(4)28-15-35-24/h7-10,15-16,20-22,31H,5-6,11-14H2,1-4H3,(H,27,33)(H,29,32)/t20-,21+,22+/m1/s1. The zero-order chi connectivity index (χ0) is 25.5. The van der Waals surface area contributed by atoms with Crippen LogP contribution in [0.25, 0.3) is 10.4 Å². The van der Waals surface area contributed by atoms with E-state index in [1.165, 1.54) is 4.90 Å². The third-order valence-electron chi connectivity index (χ3n) is 6.28. The maximum Gasteiger partial charge on any atom is 0.245 e. The van der Waals surface area contributed by atoms with Crippen molar-refractivity contribution >= 4 is 29.1 Å². The largest absolute Gasteiger partial charge is 0.391 e. The average Bonchev–Trinajstić information content (AvgIpc) is 3.45. The molecule has 1 aromatic carbocycles. The van der Waals surface area contributed by atoms with E-state index in [0.29, 0.717) is 25.3 Å². The van der Waals surface area contributed by atoms with Gasteiger partial charge >= 0.3 is 0 Å². The van der Waals surface area contributed by atoms with Crippen molar-refractivity contribution in [2.75, 3.05) is 6.54 Å². The highest BCUT2D eigenvalue weighted by Crippen LogP contribution is 2.27. The Morgan fingerprint density at radius 3 is 2.54 bits per heavy atom. The number of hydrogen-bond donors (Lipinski definition) is 3. The summed E-state index contributed by atoms with van der Waals surface area (Å²) in [6.07, 6.45) is 0.924. The van der Waals surface area contributed by atoms with E-state index in [4.69, 9.17) is 0 Å². The van der Waals surface area contributed by atoms with Gasteiger partial charge in [-0.25, -0.2) is 4.98 Å². The number of aliphatic hydroxyl groups excluding tert-OH is 1. The quantitative estimate of drug-likeness (QED) is 0.464. The van der Waals surface area contributed by atoms with Gasteiger partial charge in [0.1, 0.15) is 12.1 Å². The van der Waals surface area contributed by atoms with E-state index in [1.807, 2.05) is 57.5 Å². The average molecular weight is 501 g/mol. The van der Waals surface area contributed by atoms with Gasteiger partial charge in [-0.1, -0.05) is 45.0 Å². The number of carbonyl (C=O) groups excluding carboxylic acids is 3. The number of likely N-dealkylation sites (tertiary alicyclic amines) is 1. The van der Waals surface area contributed by atoms with Crippen LogP contribution in [0, 0.1) is 12.8 Å². The van der Waals surface area contributed by atoms with E-state index in [2.05, 4.69) is 15.6 Å². The van der Waals surface area contributed by atoms with Crippen molar-refractivity contribution < 1.29 is 19.5 Å². The monoisotopic (exact) mass is 500 g/mol. The molecule has 1 fully saturated rings. The molecule has 2 aromatic rings. The summed E-state index contributed by atoms with van der Waals surface area (Å²) in [7, 11) is 0. The third-order valence-corrected chi connectivity index (χ3v) is 7.26. The van der Waals surface area contributed by atoms with Crippen LogP contribution in [0.15, 0.2) is 29.8 Å². The van der Waals surface area contributed by atoms with Gasteiger partial charge < -0.3 is 20.6 Å². The second kappa shape index (κ2) is 12.3. The van der Waals surface area contributed by atoms with E-state index >= 15 is 0 Å². The number of rotatable bonds is 10. The number of carbonyl (C=O) groups is 3. The number of β-amino-alcohol motifs (C(OH)–C–C–N with tert-alkyl or cyclic N) is 1. The first kappa shape index (κ1) is 26.8. The van der Waals surface area contributed by atoms with Crippen molar-refractivity contribution in [1.29, 1.82) is 0 Å². The number of aryl methyl sites for hydroxylation is 1. The lowest BCUT2D eigenvalue weighted by molar-refractivity contribution is -0.141. The van der Waals surface area contributed by atoms with Gasteiger partial charge in [0.15, 0.2) is 0 Å². The molecule has 1 aliphatic heterocycles. The lowest BCUT2D eigenvalue weighted by Crippen LogP contribution is -2.53.